The molecule has 0 saturated heterocycles. The van der Waals surface area contributed by atoms with E-state index in [0.717, 1.165) is 0 Å². The molecule has 5 heteroatoms. The molecule has 2 rings (SSSR count). The zero-order chi connectivity index (χ0) is 15.4. The smallest absolute Gasteiger partial charge is 0.338 e. The van der Waals surface area contributed by atoms with Gasteiger partial charge in [-0.3, -0.25) is 0 Å². The maximum Gasteiger partial charge on any atom is 0.338 e. The Morgan fingerprint density at radius 1 is 0.905 bits per heavy atom. The van der Waals surface area contributed by atoms with Gasteiger partial charge in [0.15, 0.2) is 0 Å². The molecule has 0 atom stereocenters. The Morgan fingerprint density at radius 3 is 1.71 bits per heavy atom. The lowest BCUT2D eigenvalue weighted by molar-refractivity contribution is 0.0525. The fourth-order valence-corrected chi connectivity index (χ4v) is 2.12. The lowest BCUT2D eigenvalue weighted by atomic mass is 10.1. The van der Waals surface area contributed by atoms with Gasteiger partial charge in [0.05, 0.1) is 24.3 Å². The predicted octanol–water partition coefficient (Wildman–Crippen LogP) is 2.73. The first-order chi connectivity index (χ1) is 10.1. The van der Waals surface area contributed by atoms with Gasteiger partial charge in [-0.25, -0.2) is 9.59 Å². The summed E-state index contributed by atoms with van der Waals surface area (Å²) in [6, 6.07) is 8.29. The summed E-state index contributed by atoms with van der Waals surface area (Å²) in [7, 11) is 0. The fraction of sp³-hybridized carbons (Fsp3) is 0.250. The van der Waals surface area contributed by atoms with Gasteiger partial charge in [-0.2, -0.15) is 0 Å². The van der Waals surface area contributed by atoms with Crippen molar-refractivity contribution in [1.82, 2.24) is 0 Å². The highest BCUT2D eigenvalue weighted by Crippen LogP contribution is 2.33. The van der Waals surface area contributed by atoms with Gasteiger partial charge < -0.3 is 15.2 Å². The number of anilines is 1. The molecule has 0 fully saturated rings. The molecule has 0 heterocycles. The normalized spacial score (nSPS) is 10.4. The van der Waals surface area contributed by atoms with Gasteiger partial charge in [-0.1, -0.05) is 12.1 Å². The van der Waals surface area contributed by atoms with Crippen molar-refractivity contribution in [2.24, 2.45) is 0 Å². The van der Waals surface area contributed by atoms with Crippen molar-refractivity contribution in [3.8, 4) is 11.1 Å². The van der Waals surface area contributed by atoms with Gasteiger partial charge in [-0.05, 0) is 43.2 Å². The molecule has 0 aromatic rings. The molecule has 110 valence electrons. The molecule has 0 unspecified atom stereocenters. The summed E-state index contributed by atoms with van der Waals surface area (Å²) in [5.74, 6) is -0.939. The van der Waals surface area contributed by atoms with Crippen LogP contribution < -0.4 is 5.73 Å². The van der Waals surface area contributed by atoms with Crippen molar-refractivity contribution in [1.29, 1.82) is 0 Å². The third-order valence-corrected chi connectivity index (χ3v) is 3.03. The van der Waals surface area contributed by atoms with Crippen molar-refractivity contribution >= 4 is 17.6 Å². The van der Waals surface area contributed by atoms with Crippen LogP contribution in [0.2, 0.25) is 0 Å². The Bertz CT molecular complexity index is 598. The zero-order valence-electron chi connectivity index (χ0n) is 12.0. The van der Waals surface area contributed by atoms with Gasteiger partial charge >= 0.3 is 11.9 Å². The first kappa shape index (κ1) is 14.8. The summed E-state index contributed by atoms with van der Waals surface area (Å²) < 4.78 is 10.1. The number of carbonyl (C=O) groups is 2. The van der Waals surface area contributed by atoms with E-state index in [1.54, 1.807) is 38.1 Å². The molecular formula is C16H17NO4. The molecule has 0 amide bonds. The molecule has 0 aromatic heterocycles. The molecule has 2 N–H and O–H groups in total. The van der Waals surface area contributed by atoms with Crippen LogP contribution in [-0.4, -0.2) is 25.2 Å². The maximum atomic E-state index is 12.0. The van der Waals surface area contributed by atoms with E-state index in [9.17, 15) is 9.59 Å². The van der Waals surface area contributed by atoms with Crippen molar-refractivity contribution in [3.05, 3.63) is 41.5 Å². The molecule has 0 radical (unpaired) electrons. The first-order valence-corrected chi connectivity index (χ1v) is 6.75. The summed E-state index contributed by atoms with van der Waals surface area (Å²) in [6.07, 6.45) is 0. The Morgan fingerprint density at radius 2 is 1.33 bits per heavy atom. The Hall–Kier alpha value is -2.56. The molecule has 2 aliphatic carbocycles. The second-order valence-corrected chi connectivity index (χ2v) is 4.41. The highest BCUT2D eigenvalue weighted by molar-refractivity contribution is 6.08. The van der Waals surface area contributed by atoms with E-state index in [2.05, 4.69) is 0 Å². The molecule has 0 aromatic carbocycles. The third kappa shape index (κ3) is 2.97. The van der Waals surface area contributed by atoms with Gasteiger partial charge in [0.2, 0.25) is 0 Å². The van der Waals surface area contributed by atoms with E-state index in [4.69, 9.17) is 15.2 Å². The van der Waals surface area contributed by atoms with Crippen LogP contribution in [0.5, 0.6) is 0 Å². The molecule has 5 nitrogen and oxygen atoms in total. The van der Waals surface area contributed by atoms with Crippen LogP contribution in [0, 0.1) is 0 Å². The third-order valence-electron chi connectivity index (χ3n) is 3.03. The van der Waals surface area contributed by atoms with Crippen LogP contribution in [0.15, 0.2) is 30.3 Å². The predicted molar refractivity (Wildman–Crippen MR) is 79.4 cm³/mol. The first-order valence-electron chi connectivity index (χ1n) is 6.75. The van der Waals surface area contributed by atoms with Crippen LogP contribution in [-0.2, 0) is 9.47 Å². The number of esters is 2. The molecule has 2 aliphatic rings. The van der Waals surface area contributed by atoms with Crippen LogP contribution in [0.25, 0.3) is 11.1 Å². The van der Waals surface area contributed by atoms with Gasteiger partial charge in [0.1, 0.15) is 0 Å². The topological polar surface area (TPSA) is 78.6 Å². The van der Waals surface area contributed by atoms with Crippen LogP contribution in [0.3, 0.4) is 0 Å². The monoisotopic (exact) mass is 287 g/mol. The van der Waals surface area contributed by atoms with Gasteiger partial charge in [0.25, 0.3) is 0 Å². The largest absolute Gasteiger partial charge is 0.462 e. The average molecular weight is 287 g/mol. The highest BCUT2D eigenvalue weighted by atomic mass is 16.5. The summed E-state index contributed by atoms with van der Waals surface area (Å²) in [4.78, 5) is 24.1. The Labute approximate surface area is 123 Å². The minimum absolute atomic E-state index is 0.265. The lowest BCUT2D eigenvalue weighted by Crippen LogP contribution is -2.05. The second-order valence-electron chi connectivity index (χ2n) is 4.41. The van der Waals surface area contributed by atoms with E-state index < -0.39 is 11.9 Å². The minimum Gasteiger partial charge on any atom is -0.462 e. The number of rotatable bonds is 4. The fourth-order valence-electron chi connectivity index (χ4n) is 2.12. The highest BCUT2D eigenvalue weighted by Gasteiger charge is 2.25. The number of hydrogen-bond donors (Lipinski definition) is 1. The lowest BCUT2D eigenvalue weighted by Gasteiger charge is -2.02. The number of fused-ring (bicyclic) bond motifs is 1. The van der Waals surface area contributed by atoms with E-state index in [0.29, 0.717) is 27.9 Å². The van der Waals surface area contributed by atoms with Gasteiger partial charge in [-0.15, -0.1) is 0 Å². The number of hydrogen-bond acceptors (Lipinski definition) is 5. The van der Waals surface area contributed by atoms with Crippen molar-refractivity contribution in [2.45, 2.75) is 13.8 Å². The minimum atomic E-state index is -0.470. The molecule has 0 bridgehead atoms. The molecule has 21 heavy (non-hydrogen) atoms. The van der Waals surface area contributed by atoms with E-state index in [-0.39, 0.29) is 13.2 Å². The van der Waals surface area contributed by atoms with Crippen molar-refractivity contribution in [3.63, 3.8) is 0 Å². The number of ether oxygens (including phenoxy) is 2. The summed E-state index contributed by atoms with van der Waals surface area (Å²) in [5, 5.41) is 0. The van der Waals surface area contributed by atoms with Crippen molar-refractivity contribution < 1.29 is 19.1 Å². The maximum absolute atomic E-state index is 12.0. The average Bonchev–Trinajstić information content (AvgIpc) is 2.71. The zero-order valence-corrected chi connectivity index (χ0v) is 12.0. The van der Waals surface area contributed by atoms with E-state index in [1.807, 2.05) is 0 Å². The van der Waals surface area contributed by atoms with Gasteiger partial charge in [0, 0.05) is 5.69 Å². The molecule has 0 spiro atoms. The number of nitrogens with two attached hydrogens (primary N) is 1. The van der Waals surface area contributed by atoms with Crippen LogP contribution >= 0.6 is 0 Å². The van der Waals surface area contributed by atoms with Crippen LogP contribution in [0.1, 0.15) is 34.6 Å². The molecule has 0 saturated carbocycles. The van der Waals surface area contributed by atoms with Crippen molar-refractivity contribution in [2.75, 3.05) is 18.9 Å². The SMILES string of the molecule is CCOC(=O)c1cc(C(=O)OCC)c2ccc(N)ccc1-2. The van der Waals surface area contributed by atoms with E-state index >= 15 is 0 Å². The summed E-state index contributed by atoms with van der Waals surface area (Å²) in [5.41, 5.74) is 8.21. The quantitative estimate of drug-likeness (QED) is 0.875. The van der Waals surface area contributed by atoms with Crippen LogP contribution in [0.4, 0.5) is 5.69 Å². The Balaban J connectivity index is 2.60. The standard InChI is InChI=1S/C16H17NO4/c1-3-20-15(18)13-9-14(16(19)21-4-2)12-8-6-10(17)5-7-11(12)13/h5-9H,3-4,17H2,1-2H3. The number of carbonyl (C=O) groups excluding carboxylic acids is 2. The Kier molecular flexibility index (Phi) is 4.42. The molecule has 0 aliphatic heterocycles. The molecular weight excluding hydrogens is 270 g/mol. The summed E-state index contributed by atoms with van der Waals surface area (Å²) in [6.45, 7) is 3.99. The second kappa shape index (κ2) is 6.26. The van der Waals surface area contributed by atoms with E-state index in [1.165, 1.54) is 6.07 Å². The summed E-state index contributed by atoms with van der Waals surface area (Å²) >= 11 is 0. The number of nitrogen functional groups attached to an aromatic ring is 1.